The SMILES string of the molecule is CN1C(=O)C(n2ccc3ccccc32)=C(n2cc(C=O)c3ccccc32)C1=O. The van der Waals surface area contributed by atoms with Gasteiger partial charge < -0.3 is 9.13 Å². The summed E-state index contributed by atoms with van der Waals surface area (Å²) in [6.45, 7) is 0. The number of benzene rings is 2. The van der Waals surface area contributed by atoms with E-state index < -0.39 is 5.91 Å². The second-order valence-electron chi connectivity index (χ2n) is 6.70. The van der Waals surface area contributed by atoms with Crippen molar-refractivity contribution in [2.45, 2.75) is 0 Å². The molecule has 6 nitrogen and oxygen atoms in total. The van der Waals surface area contributed by atoms with E-state index in [0.29, 0.717) is 11.1 Å². The molecule has 0 unspecified atom stereocenters. The number of aromatic nitrogens is 2. The molecule has 2 aromatic carbocycles. The maximum absolute atomic E-state index is 13.0. The Morgan fingerprint density at radius 1 is 0.786 bits per heavy atom. The highest BCUT2D eigenvalue weighted by atomic mass is 16.2. The Labute approximate surface area is 159 Å². The number of carbonyl (C=O) groups is 3. The van der Waals surface area contributed by atoms with Gasteiger partial charge in [-0.15, -0.1) is 0 Å². The van der Waals surface area contributed by atoms with Gasteiger partial charge in [-0.05, 0) is 23.6 Å². The molecule has 1 aliphatic heterocycles. The van der Waals surface area contributed by atoms with E-state index >= 15 is 0 Å². The van der Waals surface area contributed by atoms with E-state index in [1.165, 1.54) is 7.05 Å². The van der Waals surface area contributed by atoms with Gasteiger partial charge in [0.1, 0.15) is 11.4 Å². The number of imide groups is 1. The van der Waals surface area contributed by atoms with Crippen LogP contribution in [0.2, 0.25) is 0 Å². The van der Waals surface area contributed by atoms with Crippen LogP contribution in [0.25, 0.3) is 33.2 Å². The topological polar surface area (TPSA) is 64.3 Å². The maximum atomic E-state index is 13.0. The molecule has 0 fully saturated rings. The second-order valence-corrected chi connectivity index (χ2v) is 6.70. The van der Waals surface area contributed by atoms with Gasteiger partial charge in [0.25, 0.3) is 11.8 Å². The van der Waals surface area contributed by atoms with Crippen molar-refractivity contribution >= 4 is 51.3 Å². The lowest BCUT2D eigenvalue weighted by Gasteiger charge is -2.09. The van der Waals surface area contributed by atoms with Crippen molar-refractivity contribution in [3.05, 3.63) is 72.6 Å². The number of nitrogens with zero attached hydrogens (tertiary/aromatic N) is 3. The Hall–Kier alpha value is -3.93. The lowest BCUT2D eigenvalue weighted by Crippen LogP contribution is -2.27. The highest BCUT2D eigenvalue weighted by Gasteiger charge is 2.39. The minimum Gasteiger partial charge on any atom is -0.310 e. The molecule has 0 saturated carbocycles. The van der Waals surface area contributed by atoms with Crippen molar-refractivity contribution in [3.63, 3.8) is 0 Å². The largest absolute Gasteiger partial charge is 0.310 e. The molecular formula is C22H15N3O3. The van der Waals surface area contributed by atoms with Gasteiger partial charge in [0, 0.05) is 30.4 Å². The van der Waals surface area contributed by atoms with Gasteiger partial charge in [-0.25, -0.2) is 0 Å². The van der Waals surface area contributed by atoms with Crippen LogP contribution in [0.4, 0.5) is 0 Å². The predicted octanol–water partition coefficient (Wildman–Crippen LogP) is 3.23. The molecule has 6 heteroatoms. The van der Waals surface area contributed by atoms with Crippen LogP contribution < -0.4 is 0 Å². The number of fused-ring (bicyclic) bond motifs is 2. The first-order chi connectivity index (χ1) is 13.6. The third-order valence-corrected chi connectivity index (χ3v) is 5.19. The number of amides is 2. The highest BCUT2D eigenvalue weighted by molar-refractivity contribution is 6.44. The van der Waals surface area contributed by atoms with E-state index in [1.54, 1.807) is 21.5 Å². The molecule has 0 bridgehead atoms. The minimum absolute atomic E-state index is 0.234. The van der Waals surface area contributed by atoms with Crippen LogP contribution in [0.3, 0.4) is 0 Å². The molecule has 5 rings (SSSR count). The smallest absolute Gasteiger partial charge is 0.279 e. The van der Waals surface area contributed by atoms with Gasteiger partial charge in [0.15, 0.2) is 6.29 Å². The highest BCUT2D eigenvalue weighted by Crippen LogP contribution is 2.34. The molecule has 1 aliphatic rings. The summed E-state index contributed by atoms with van der Waals surface area (Å²) in [5.74, 6) is -0.789. The molecule has 0 aliphatic carbocycles. The Balaban J connectivity index is 1.88. The number of carbonyl (C=O) groups excluding carboxylic acids is 3. The molecule has 2 aromatic heterocycles. The number of aldehydes is 1. The zero-order chi connectivity index (χ0) is 19.4. The van der Waals surface area contributed by atoms with Crippen LogP contribution in [0.1, 0.15) is 10.4 Å². The second kappa shape index (κ2) is 5.79. The van der Waals surface area contributed by atoms with Crippen LogP contribution in [0, 0.1) is 0 Å². The minimum atomic E-state index is -0.406. The molecule has 0 saturated heterocycles. The van der Waals surface area contributed by atoms with Gasteiger partial charge >= 0.3 is 0 Å². The van der Waals surface area contributed by atoms with E-state index in [1.807, 2.05) is 54.6 Å². The first-order valence-electron chi connectivity index (χ1n) is 8.80. The van der Waals surface area contributed by atoms with E-state index in [2.05, 4.69) is 0 Å². The van der Waals surface area contributed by atoms with Crippen LogP contribution >= 0.6 is 0 Å². The molecule has 3 heterocycles. The first-order valence-corrected chi connectivity index (χ1v) is 8.80. The number of likely N-dealkylation sites (N-methyl/N-ethyl adjacent to an activating group) is 1. The third-order valence-electron chi connectivity index (χ3n) is 5.19. The van der Waals surface area contributed by atoms with Crippen molar-refractivity contribution < 1.29 is 14.4 Å². The maximum Gasteiger partial charge on any atom is 0.279 e. The fourth-order valence-corrected chi connectivity index (χ4v) is 3.81. The van der Waals surface area contributed by atoms with Crippen LogP contribution in [0.5, 0.6) is 0 Å². The van der Waals surface area contributed by atoms with Crippen molar-refractivity contribution in [1.29, 1.82) is 0 Å². The summed E-state index contributed by atoms with van der Waals surface area (Å²) in [4.78, 5) is 38.7. The molecule has 0 N–H and O–H groups in total. The molecule has 136 valence electrons. The summed E-state index contributed by atoms with van der Waals surface area (Å²) >= 11 is 0. The van der Waals surface area contributed by atoms with Crippen LogP contribution in [-0.2, 0) is 9.59 Å². The van der Waals surface area contributed by atoms with Gasteiger partial charge in [0.2, 0.25) is 0 Å². The third kappa shape index (κ3) is 2.05. The zero-order valence-corrected chi connectivity index (χ0v) is 15.0. The monoisotopic (exact) mass is 369 g/mol. The van der Waals surface area contributed by atoms with Gasteiger partial charge in [-0.3, -0.25) is 19.3 Å². The number of para-hydroxylation sites is 2. The van der Waals surface area contributed by atoms with Gasteiger partial charge in [0.05, 0.1) is 11.0 Å². The zero-order valence-electron chi connectivity index (χ0n) is 15.0. The fraction of sp³-hybridized carbons (Fsp3) is 0.0455. The first kappa shape index (κ1) is 16.3. The number of hydrogen-bond acceptors (Lipinski definition) is 3. The quantitative estimate of drug-likeness (QED) is 0.411. The fourth-order valence-electron chi connectivity index (χ4n) is 3.81. The normalized spacial score (nSPS) is 14.7. The predicted molar refractivity (Wildman–Crippen MR) is 106 cm³/mol. The standard InChI is InChI=1S/C22H15N3O3/c1-23-21(27)19(24-11-10-14-6-2-4-8-17(14)24)20(22(23)28)25-12-15(13-26)16-7-3-5-9-18(16)25/h2-13H,1H3. The van der Waals surface area contributed by atoms with Crippen molar-refractivity contribution in [1.82, 2.24) is 14.0 Å². The van der Waals surface area contributed by atoms with E-state index in [9.17, 15) is 14.4 Å². The summed E-state index contributed by atoms with van der Waals surface area (Å²) in [7, 11) is 1.47. The molecule has 0 radical (unpaired) electrons. The lowest BCUT2D eigenvalue weighted by molar-refractivity contribution is -0.134. The summed E-state index contributed by atoms with van der Waals surface area (Å²) in [5.41, 5.74) is 2.50. The average molecular weight is 369 g/mol. The number of rotatable bonds is 3. The van der Waals surface area contributed by atoms with Crippen LogP contribution in [0.15, 0.2) is 67.0 Å². The summed E-state index contributed by atoms with van der Waals surface area (Å²) in [6, 6.07) is 16.9. The molecule has 0 spiro atoms. The lowest BCUT2D eigenvalue weighted by atomic mass is 10.2. The van der Waals surface area contributed by atoms with E-state index in [4.69, 9.17) is 0 Å². The van der Waals surface area contributed by atoms with Crippen LogP contribution in [-0.4, -0.2) is 39.2 Å². The Bertz CT molecular complexity index is 1340. The molecule has 28 heavy (non-hydrogen) atoms. The van der Waals surface area contributed by atoms with Crippen molar-refractivity contribution in [2.24, 2.45) is 0 Å². The van der Waals surface area contributed by atoms with E-state index in [0.717, 1.165) is 27.5 Å². The number of hydrogen-bond donors (Lipinski definition) is 0. The van der Waals surface area contributed by atoms with Gasteiger partial charge in [-0.2, -0.15) is 0 Å². The Kier molecular flexibility index (Phi) is 3.36. The van der Waals surface area contributed by atoms with E-state index in [-0.39, 0.29) is 17.3 Å². The Morgan fingerprint density at radius 3 is 2.18 bits per heavy atom. The van der Waals surface area contributed by atoms with Crippen molar-refractivity contribution in [2.75, 3.05) is 7.05 Å². The summed E-state index contributed by atoms with van der Waals surface area (Å²) in [5, 5.41) is 1.70. The molecule has 2 amide bonds. The molecular weight excluding hydrogens is 354 g/mol. The van der Waals surface area contributed by atoms with Gasteiger partial charge in [-0.1, -0.05) is 36.4 Å². The Morgan fingerprint density at radius 2 is 1.43 bits per heavy atom. The summed E-state index contributed by atoms with van der Waals surface area (Å²) in [6.07, 6.45) is 4.16. The molecule has 4 aromatic rings. The molecule has 0 atom stereocenters. The summed E-state index contributed by atoms with van der Waals surface area (Å²) < 4.78 is 3.39. The van der Waals surface area contributed by atoms with Crippen molar-refractivity contribution in [3.8, 4) is 0 Å². The average Bonchev–Trinajstić information content (AvgIpc) is 3.37.